The lowest BCUT2D eigenvalue weighted by Crippen LogP contribution is -2.34. The fraction of sp³-hybridized carbons (Fsp3) is 0.250. The third-order valence-corrected chi connectivity index (χ3v) is 3.06. The van der Waals surface area contributed by atoms with E-state index >= 15 is 0 Å². The van der Waals surface area contributed by atoms with Gasteiger partial charge in [0.1, 0.15) is 5.82 Å². The van der Waals surface area contributed by atoms with Crippen LogP contribution in [0.3, 0.4) is 0 Å². The van der Waals surface area contributed by atoms with Crippen LogP contribution in [0, 0.1) is 9.39 Å². The zero-order chi connectivity index (χ0) is 12.8. The Morgan fingerprint density at radius 1 is 1.59 bits per heavy atom. The van der Waals surface area contributed by atoms with Gasteiger partial charge in [-0.05, 0) is 40.8 Å². The number of hydrogen-bond donors (Lipinski definition) is 1. The van der Waals surface area contributed by atoms with E-state index in [-0.39, 0.29) is 24.9 Å². The lowest BCUT2D eigenvalue weighted by Gasteiger charge is -2.20. The molecule has 17 heavy (non-hydrogen) atoms. The number of aliphatic hydroxyl groups is 1. The van der Waals surface area contributed by atoms with Crippen LogP contribution in [0.15, 0.2) is 30.9 Å². The van der Waals surface area contributed by atoms with Crippen molar-refractivity contribution in [2.45, 2.75) is 0 Å². The summed E-state index contributed by atoms with van der Waals surface area (Å²) in [5.41, 5.74) is 0.433. The average Bonchev–Trinajstić information content (AvgIpc) is 2.28. The maximum atomic E-state index is 12.9. The van der Waals surface area contributed by atoms with E-state index in [1.54, 1.807) is 6.08 Å². The number of carbonyl (C=O) groups excluding carboxylic acids is 1. The number of nitrogens with zero attached hydrogens (tertiary/aromatic N) is 1. The first-order valence-electron chi connectivity index (χ1n) is 5.06. The highest BCUT2D eigenvalue weighted by atomic mass is 127. The molecule has 5 heteroatoms. The Balaban J connectivity index is 2.96. The van der Waals surface area contributed by atoms with Crippen molar-refractivity contribution in [1.82, 2.24) is 4.90 Å². The van der Waals surface area contributed by atoms with Gasteiger partial charge < -0.3 is 10.0 Å². The predicted octanol–water partition coefficient (Wildman–Crippen LogP) is 2.05. The molecule has 0 radical (unpaired) electrons. The molecular weight excluding hydrogens is 336 g/mol. The van der Waals surface area contributed by atoms with Crippen LogP contribution in [0.25, 0.3) is 0 Å². The van der Waals surface area contributed by atoms with Gasteiger partial charge in [-0.3, -0.25) is 4.79 Å². The molecule has 0 atom stereocenters. The topological polar surface area (TPSA) is 40.5 Å². The minimum Gasteiger partial charge on any atom is -0.395 e. The van der Waals surface area contributed by atoms with Crippen molar-refractivity contribution in [1.29, 1.82) is 0 Å². The predicted molar refractivity (Wildman–Crippen MR) is 72.3 cm³/mol. The van der Waals surface area contributed by atoms with Crippen LogP contribution in [0.4, 0.5) is 4.39 Å². The van der Waals surface area contributed by atoms with Crippen LogP contribution in [-0.2, 0) is 0 Å². The highest BCUT2D eigenvalue weighted by Gasteiger charge is 2.16. The minimum absolute atomic E-state index is 0.114. The summed E-state index contributed by atoms with van der Waals surface area (Å²) in [5.74, 6) is -0.605. The van der Waals surface area contributed by atoms with Crippen molar-refractivity contribution >= 4 is 28.5 Å². The highest BCUT2D eigenvalue weighted by molar-refractivity contribution is 14.1. The van der Waals surface area contributed by atoms with Crippen molar-refractivity contribution in [3.05, 3.63) is 45.8 Å². The molecule has 1 aromatic rings. The molecule has 0 aliphatic rings. The molecular formula is C12H13FINO2. The van der Waals surface area contributed by atoms with Gasteiger partial charge in [-0.2, -0.15) is 0 Å². The van der Waals surface area contributed by atoms with Gasteiger partial charge in [0, 0.05) is 16.7 Å². The second-order valence-electron chi connectivity index (χ2n) is 3.39. The van der Waals surface area contributed by atoms with Gasteiger partial charge in [-0.25, -0.2) is 4.39 Å². The molecule has 0 saturated carbocycles. The molecule has 1 N–H and O–H groups in total. The average molecular weight is 349 g/mol. The molecule has 92 valence electrons. The fourth-order valence-corrected chi connectivity index (χ4v) is 2.09. The van der Waals surface area contributed by atoms with Gasteiger partial charge in [0.05, 0.1) is 12.2 Å². The molecule has 0 aliphatic carbocycles. The van der Waals surface area contributed by atoms with Gasteiger partial charge in [0.2, 0.25) is 0 Å². The smallest absolute Gasteiger partial charge is 0.255 e. The van der Waals surface area contributed by atoms with E-state index in [1.165, 1.54) is 23.1 Å². The summed E-state index contributed by atoms with van der Waals surface area (Å²) in [4.78, 5) is 13.6. The molecule has 0 spiro atoms. The van der Waals surface area contributed by atoms with E-state index in [0.29, 0.717) is 15.7 Å². The van der Waals surface area contributed by atoms with E-state index < -0.39 is 0 Å². The Bertz CT molecular complexity index is 423. The summed E-state index contributed by atoms with van der Waals surface area (Å²) < 4.78 is 13.5. The molecule has 0 aliphatic heterocycles. The summed E-state index contributed by atoms with van der Waals surface area (Å²) in [5, 5.41) is 8.88. The number of aliphatic hydroxyl groups excluding tert-OH is 1. The standard InChI is InChI=1S/C12H13FINO2/c1-2-5-15(6-7-16)12(17)10-4-3-9(13)8-11(10)14/h2-4,8,16H,1,5-7H2. The maximum Gasteiger partial charge on any atom is 0.255 e. The summed E-state index contributed by atoms with van der Waals surface area (Å²) in [6.07, 6.45) is 1.59. The summed E-state index contributed by atoms with van der Waals surface area (Å²) in [6, 6.07) is 4.01. The molecule has 0 saturated heterocycles. The molecule has 1 aromatic carbocycles. The lowest BCUT2D eigenvalue weighted by atomic mass is 10.2. The first kappa shape index (κ1) is 14.1. The van der Waals surface area contributed by atoms with Crippen molar-refractivity contribution < 1.29 is 14.3 Å². The van der Waals surface area contributed by atoms with E-state index in [0.717, 1.165) is 0 Å². The number of benzene rings is 1. The SMILES string of the molecule is C=CCN(CCO)C(=O)c1ccc(F)cc1I. The zero-order valence-corrected chi connectivity index (χ0v) is 11.4. The number of rotatable bonds is 5. The maximum absolute atomic E-state index is 12.9. The second-order valence-corrected chi connectivity index (χ2v) is 4.55. The van der Waals surface area contributed by atoms with E-state index in [9.17, 15) is 9.18 Å². The van der Waals surface area contributed by atoms with Gasteiger partial charge in [-0.15, -0.1) is 6.58 Å². The van der Waals surface area contributed by atoms with E-state index in [4.69, 9.17) is 5.11 Å². The van der Waals surface area contributed by atoms with Crippen molar-refractivity contribution in [3.63, 3.8) is 0 Å². The third kappa shape index (κ3) is 3.78. The van der Waals surface area contributed by atoms with E-state index in [1.807, 2.05) is 22.6 Å². The van der Waals surface area contributed by atoms with Gasteiger partial charge in [-0.1, -0.05) is 6.08 Å². The van der Waals surface area contributed by atoms with Crippen LogP contribution >= 0.6 is 22.6 Å². The summed E-state index contributed by atoms with van der Waals surface area (Å²) >= 11 is 1.92. The molecule has 3 nitrogen and oxygen atoms in total. The molecule has 1 rings (SSSR count). The largest absolute Gasteiger partial charge is 0.395 e. The van der Waals surface area contributed by atoms with Crippen molar-refractivity contribution in [3.8, 4) is 0 Å². The molecule has 1 amide bonds. The lowest BCUT2D eigenvalue weighted by molar-refractivity contribution is 0.0742. The summed E-state index contributed by atoms with van der Waals surface area (Å²) in [7, 11) is 0. The van der Waals surface area contributed by atoms with E-state index in [2.05, 4.69) is 6.58 Å². The highest BCUT2D eigenvalue weighted by Crippen LogP contribution is 2.16. The Morgan fingerprint density at radius 3 is 2.82 bits per heavy atom. The molecule has 0 heterocycles. The quantitative estimate of drug-likeness (QED) is 0.653. The Labute approximate surface area is 113 Å². The molecule has 0 fully saturated rings. The fourth-order valence-electron chi connectivity index (χ4n) is 1.39. The molecule has 0 bridgehead atoms. The first-order chi connectivity index (χ1) is 8.10. The Morgan fingerprint density at radius 2 is 2.29 bits per heavy atom. The van der Waals surface area contributed by atoms with Crippen molar-refractivity contribution in [2.75, 3.05) is 19.7 Å². The molecule has 0 unspecified atom stereocenters. The normalized spacial score (nSPS) is 10.1. The third-order valence-electron chi connectivity index (χ3n) is 2.17. The molecule has 0 aromatic heterocycles. The van der Waals surface area contributed by atoms with Crippen LogP contribution < -0.4 is 0 Å². The van der Waals surface area contributed by atoms with Gasteiger partial charge in [0.25, 0.3) is 5.91 Å². The van der Waals surface area contributed by atoms with Gasteiger partial charge in [0.15, 0.2) is 0 Å². The number of hydrogen-bond acceptors (Lipinski definition) is 2. The minimum atomic E-state index is -0.372. The second kappa shape index (κ2) is 6.70. The number of amides is 1. The van der Waals surface area contributed by atoms with Crippen LogP contribution in [0.1, 0.15) is 10.4 Å². The first-order valence-corrected chi connectivity index (χ1v) is 6.14. The monoisotopic (exact) mass is 349 g/mol. The van der Waals surface area contributed by atoms with Crippen LogP contribution in [0.5, 0.6) is 0 Å². The van der Waals surface area contributed by atoms with Crippen LogP contribution in [0.2, 0.25) is 0 Å². The number of carbonyl (C=O) groups is 1. The van der Waals surface area contributed by atoms with Crippen molar-refractivity contribution in [2.24, 2.45) is 0 Å². The van der Waals surface area contributed by atoms with Crippen LogP contribution in [-0.4, -0.2) is 35.6 Å². The Kier molecular flexibility index (Phi) is 5.57. The van der Waals surface area contributed by atoms with Gasteiger partial charge >= 0.3 is 0 Å². The zero-order valence-electron chi connectivity index (χ0n) is 9.20. The summed E-state index contributed by atoms with van der Waals surface area (Å²) in [6.45, 7) is 4.03. The number of halogens is 2. The Hall–Kier alpha value is -0.950.